The Morgan fingerprint density at radius 1 is 1.10 bits per heavy atom. The molecule has 0 radical (unpaired) electrons. The van der Waals surface area contributed by atoms with Crippen molar-refractivity contribution in [3.8, 4) is 11.4 Å². The van der Waals surface area contributed by atoms with Gasteiger partial charge in [0.05, 0.1) is 18.5 Å². The minimum Gasteiger partial charge on any atom is -0.497 e. The average Bonchev–Trinajstić information content (AvgIpc) is 2.98. The van der Waals surface area contributed by atoms with Crippen LogP contribution in [0.3, 0.4) is 0 Å². The van der Waals surface area contributed by atoms with Crippen LogP contribution in [0.2, 0.25) is 10.0 Å². The fourth-order valence-electron chi connectivity index (χ4n) is 3.94. The lowest BCUT2D eigenvalue weighted by molar-refractivity contribution is 0.149. The average molecular weight is 447 g/mol. The van der Waals surface area contributed by atoms with Crippen LogP contribution >= 0.6 is 23.2 Å². The molecule has 1 unspecified atom stereocenters. The van der Waals surface area contributed by atoms with Crippen LogP contribution in [0, 0.1) is 0 Å². The number of ether oxygens (including phenoxy) is 1. The summed E-state index contributed by atoms with van der Waals surface area (Å²) in [4.78, 5) is 15.3. The second-order valence-corrected chi connectivity index (χ2v) is 8.16. The van der Waals surface area contributed by atoms with Crippen LogP contribution in [0.25, 0.3) is 5.69 Å². The number of methoxy groups -OCH3 is 1. The lowest BCUT2D eigenvalue weighted by atomic mass is 10.0. The Bertz CT molecular complexity index is 1070. The van der Waals surface area contributed by atoms with E-state index in [0.717, 1.165) is 41.8 Å². The Kier molecular flexibility index (Phi) is 6.20. The highest BCUT2D eigenvalue weighted by Gasteiger charge is 2.27. The first-order valence-electron chi connectivity index (χ1n) is 9.80. The molecule has 3 aromatic rings. The molecular formula is C22H24Cl2N4O2. The van der Waals surface area contributed by atoms with Crippen molar-refractivity contribution in [3.63, 3.8) is 0 Å². The molecule has 2 aromatic carbocycles. The second-order valence-electron chi connectivity index (χ2n) is 7.34. The molecule has 6 nitrogen and oxygen atoms in total. The van der Waals surface area contributed by atoms with Gasteiger partial charge in [-0.05, 0) is 42.0 Å². The van der Waals surface area contributed by atoms with Crippen LogP contribution in [0.1, 0.15) is 17.3 Å². The van der Waals surface area contributed by atoms with Crippen molar-refractivity contribution in [2.45, 2.75) is 12.6 Å². The molecule has 0 aliphatic carbocycles. The van der Waals surface area contributed by atoms with Crippen molar-refractivity contribution in [2.75, 3.05) is 26.7 Å². The van der Waals surface area contributed by atoms with E-state index >= 15 is 0 Å². The van der Waals surface area contributed by atoms with Gasteiger partial charge in [-0.1, -0.05) is 35.3 Å². The Hall–Kier alpha value is -2.25. The van der Waals surface area contributed by atoms with E-state index in [1.165, 1.54) is 5.56 Å². The summed E-state index contributed by atoms with van der Waals surface area (Å²) in [5.41, 5.74) is 2.49. The molecule has 1 aromatic heterocycles. The van der Waals surface area contributed by atoms with Crippen molar-refractivity contribution >= 4 is 23.2 Å². The third kappa shape index (κ3) is 4.01. The van der Waals surface area contributed by atoms with Crippen LogP contribution in [0.15, 0.2) is 53.3 Å². The fraction of sp³-hybridized carbons (Fsp3) is 0.318. The smallest absolute Gasteiger partial charge is 0.290 e. The SMILES string of the molecule is COc1ccc(-n2c(=O)c(Cl)c(CN3CCNCC3c3ccc(Cl)cc3)n2C)cc1. The molecule has 2 heterocycles. The monoisotopic (exact) mass is 446 g/mol. The van der Waals surface area contributed by atoms with Gasteiger partial charge < -0.3 is 10.1 Å². The standard InChI is InChI=1S/C22H24Cl2N4O2/c1-26-20(21(24)22(29)28(26)17-7-9-18(30-2)10-8-17)14-27-12-11-25-13-19(27)15-3-5-16(23)6-4-15/h3-10,19,25H,11-14H2,1-2H3. The zero-order valence-electron chi connectivity index (χ0n) is 16.9. The van der Waals surface area contributed by atoms with E-state index in [0.29, 0.717) is 6.54 Å². The third-order valence-electron chi connectivity index (χ3n) is 5.60. The van der Waals surface area contributed by atoms with E-state index in [9.17, 15) is 4.79 Å². The summed E-state index contributed by atoms with van der Waals surface area (Å²) in [6.45, 7) is 3.13. The summed E-state index contributed by atoms with van der Waals surface area (Å²) in [7, 11) is 3.48. The summed E-state index contributed by atoms with van der Waals surface area (Å²) >= 11 is 12.6. The molecule has 1 aliphatic heterocycles. The summed E-state index contributed by atoms with van der Waals surface area (Å²) in [5, 5.41) is 4.42. The van der Waals surface area contributed by atoms with E-state index in [1.54, 1.807) is 11.8 Å². The summed E-state index contributed by atoms with van der Waals surface area (Å²) in [6, 6.07) is 15.4. The molecule has 1 N–H and O–H groups in total. The molecule has 1 atom stereocenters. The van der Waals surface area contributed by atoms with E-state index in [2.05, 4.69) is 22.3 Å². The maximum absolute atomic E-state index is 12.9. The number of rotatable bonds is 5. The van der Waals surface area contributed by atoms with Gasteiger partial charge in [-0.3, -0.25) is 14.4 Å². The van der Waals surface area contributed by atoms with Gasteiger partial charge in [0.25, 0.3) is 5.56 Å². The van der Waals surface area contributed by atoms with Gasteiger partial charge >= 0.3 is 0 Å². The molecule has 4 rings (SSSR count). The van der Waals surface area contributed by atoms with E-state index < -0.39 is 0 Å². The molecule has 0 amide bonds. The predicted octanol–water partition coefficient (Wildman–Crippen LogP) is 3.64. The van der Waals surface area contributed by atoms with E-state index in [-0.39, 0.29) is 16.6 Å². The predicted molar refractivity (Wildman–Crippen MR) is 120 cm³/mol. The third-order valence-corrected chi connectivity index (χ3v) is 6.23. The van der Waals surface area contributed by atoms with Crippen LogP contribution < -0.4 is 15.6 Å². The van der Waals surface area contributed by atoms with Crippen molar-refractivity contribution in [1.29, 1.82) is 0 Å². The number of nitrogens with one attached hydrogen (secondary N) is 1. The van der Waals surface area contributed by atoms with Gasteiger partial charge in [0.2, 0.25) is 0 Å². The van der Waals surface area contributed by atoms with Crippen molar-refractivity contribution < 1.29 is 4.74 Å². The molecule has 8 heteroatoms. The molecule has 0 spiro atoms. The molecule has 30 heavy (non-hydrogen) atoms. The highest BCUT2D eigenvalue weighted by Crippen LogP contribution is 2.27. The minimum absolute atomic E-state index is 0.173. The maximum atomic E-state index is 12.9. The zero-order valence-corrected chi connectivity index (χ0v) is 18.5. The Labute approximate surface area is 185 Å². The van der Waals surface area contributed by atoms with Crippen LogP contribution in [0.4, 0.5) is 0 Å². The lowest BCUT2D eigenvalue weighted by Gasteiger charge is -2.36. The number of hydrogen-bond acceptors (Lipinski definition) is 4. The van der Waals surface area contributed by atoms with Gasteiger partial charge in [0.1, 0.15) is 10.8 Å². The second kappa shape index (κ2) is 8.86. The first-order valence-corrected chi connectivity index (χ1v) is 10.6. The number of benzene rings is 2. The molecule has 0 bridgehead atoms. The zero-order chi connectivity index (χ0) is 21.3. The first-order chi connectivity index (χ1) is 14.5. The van der Waals surface area contributed by atoms with Crippen LogP contribution in [0.5, 0.6) is 5.75 Å². The van der Waals surface area contributed by atoms with Crippen molar-refractivity contribution in [1.82, 2.24) is 19.6 Å². The lowest BCUT2D eigenvalue weighted by Crippen LogP contribution is -2.45. The first kappa shape index (κ1) is 21.0. The van der Waals surface area contributed by atoms with Gasteiger partial charge in [-0.25, -0.2) is 4.68 Å². The quantitative estimate of drug-likeness (QED) is 0.649. The highest BCUT2D eigenvalue weighted by molar-refractivity contribution is 6.31. The van der Waals surface area contributed by atoms with Crippen molar-refractivity contribution in [2.24, 2.45) is 7.05 Å². The van der Waals surface area contributed by atoms with Gasteiger partial charge in [0, 0.05) is 44.3 Å². The number of piperazine rings is 1. The summed E-state index contributed by atoms with van der Waals surface area (Å²) in [5.74, 6) is 0.735. The van der Waals surface area contributed by atoms with Crippen LogP contribution in [-0.4, -0.2) is 41.0 Å². The van der Waals surface area contributed by atoms with Gasteiger partial charge in [-0.2, -0.15) is 0 Å². The Balaban J connectivity index is 1.66. The Morgan fingerprint density at radius 3 is 2.47 bits per heavy atom. The topological polar surface area (TPSA) is 51.4 Å². The van der Waals surface area contributed by atoms with Gasteiger partial charge in [0.15, 0.2) is 0 Å². The molecule has 158 valence electrons. The van der Waals surface area contributed by atoms with Crippen molar-refractivity contribution in [3.05, 3.63) is 80.2 Å². The summed E-state index contributed by atoms with van der Waals surface area (Å²) < 4.78 is 8.65. The van der Waals surface area contributed by atoms with E-state index in [4.69, 9.17) is 27.9 Å². The highest BCUT2D eigenvalue weighted by atomic mass is 35.5. The molecule has 0 saturated carbocycles. The number of halogens is 2. The molecule has 1 fully saturated rings. The maximum Gasteiger partial charge on any atom is 0.290 e. The molecule has 1 aliphatic rings. The number of aromatic nitrogens is 2. The largest absolute Gasteiger partial charge is 0.497 e. The summed E-state index contributed by atoms with van der Waals surface area (Å²) in [6.07, 6.45) is 0. The molecular weight excluding hydrogens is 423 g/mol. The fourth-order valence-corrected chi connectivity index (χ4v) is 4.33. The number of nitrogens with zero attached hydrogens (tertiary/aromatic N) is 3. The Morgan fingerprint density at radius 2 is 1.80 bits per heavy atom. The number of hydrogen-bond donors (Lipinski definition) is 1. The normalized spacial score (nSPS) is 17.3. The van der Waals surface area contributed by atoms with E-state index in [1.807, 2.05) is 48.1 Å². The van der Waals surface area contributed by atoms with Gasteiger partial charge in [-0.15, -0.1) is 0 Å². The minimum atomic E-state index is -0.225. The van der Waals surface area contributed by atoms with Crippen LogP contribution in [-0.2, 0) is 13.6 Å². The molecule has 1 saturated heterocycles.